The number of rotatable bonds is 6. The zero-order valence-electron chi connectivity index (χ0n) is 12.5. The molecule has 2 N–H and O–H groups in total. The summed E-state index contributed by atoms with van der Waals surface area (Å²) in [6.07, 6.45) is 0. The molecule has 4 nitrogen and oxygen atoms in total. The number of hydrogen-bond donors (Lipinski definition) is 2. The molecule has 1 aromatic rings. The number of aliphatic hydroxyl groups is 1. The second-order valence-electron chi connectivity index (χ2n) is 5.32. The highest BCUT2D eigenvalue weighted by Crippen LogP contribution is 2.22. The first-order valence-corrected chi connectivity index (χ1v) is 6.83. The lowest BCUT2D eigenvalue weighted by Crippen LogP contribution is -2.38. The van der Waals surface area contributed by atoms with E-state index in [-0.39, 0.29) is 18.7 Å². The minimum absolute atomic E-state index is 0.128. The molecular formula is C14H27N3O. The van der Waals surface area contributed by atoms with Gasteiger partial charge in [-0.3, -0.25) is 4.68 Å². The molecule has 1 rings (SSSR count). The Morgan fingerprint density at radius 3 is 2.28 bits per heavy atom. The Morgan fingerprint density at radius 1 is 1.28 bits per heavy atom. The van der Waals surface area contributed by atoms with Crippen molar-refractivity contribution in [1.82, 2.24) is 15.1 Å². The second-order valence-corrected chi connectivity index (χ2v) is 5.32. The van der Waals surface area contributed by atoms with Gasteiger partial charge in [0.2, 0.25) is 0 Å². The van der Waals surface area contributed by atoms with E-state index in [2.05, 4.69) is 52.0 Å². The highest BCUT2D eigenvalue weighted by Gasteiger charge is 2.21. The third-order valence-electron chi connectivity index (χ3n) is 3.64. The molecule has 104 valence electrons. The maximum absolute atomic E-state index is 9.40. The number of nitrogens with one attached hydrogen (secondary N) is 1. The van der Waals surface area contributed by atoms with Gasteiger partial charge in [-0.15, -0.1) is 0 Å². The first kappa shape index (κ1) is 15.2. The third kappa shape index (κ3) is 3.12. The van der Waals surface area contributed by atoms with Gasteiger partial charge >= 0.3 is 0 Å². The molecule has 4 heteroatoms. The average Bonchev–Trinajstić information content (AvgIpc) is 2.60. The molecule has 0 aromatic carbocycles. The predicted molar refractivity (Wildman–Crippen MR) is 74.6 cm³/mol. The van der Waals surface area contributed by atoms with Crippen molar-refractivity contribution in [3.05, 3.63) is 17.0 Å². The van der Waals surface area contributed by atoms with Gasteiger partial charge in [-0.2, -0.15) is 5.10 Å². The largest absolute Gasteiger partial charge is 0.395 e. The van der Waals surface area contributed by atoms with Gasteiger partial charge in [-0.25, -0.2) is 0 Å². The van der Waals surface area contributed by atoms with Gasteiger partial charge in [0.25, 0.3) is 0 Å². The van der Waals surface area contributed by atoms with Crippen molar-refractivity contribution in [3.8, 4) is 0 Å². The smallest absolute Gasteiger partial charge is 0.0644 e. The number of aryl methyl sites for hydroxylation is 2. The Balaban J connectivity index is 2.90. The summed E-state index contributed by atoms with van der Waals surface area (Å²) in [6, 6.07) is 0.341. The van der Waals surface area contributed by atoms with Crippen molar-refractivity contribution in [2.24, 2.45) is 5.92 Å². The van der Waals surface area contributed by atoms with Crippen LogP contribution in [-0.2, 0) is 6.54 Å². The molecule has 18 heavy (non-hydrogen) atoms. The minimum atomic E-state index is 0.128. The Hall–Kier alpha value is -0.870. The van der Waals surface area contributed by atoms with Crippen molar-refractivity contribution in [2.75, 3.05) is 6.61 Å². The van der Waals surface area contributed by atoms with Crippen molar-refractivity contribution >= 4 is 0 Å². The van der Waals surface area contributed by atoms with E-state index < -0.39 is 0 Å². The summed E-state index contributed by atoms with van der Waals surface area (Å²) in [7, 11) is 0. The van der Waals surface area contributed by atoms with Gasteiger partial charge in [0, 0.05) is 29.9 Å². The SMILES string of the molecule is CCn1nc(C)c(C(C)N[C@H](CO)C(C)C)c1C. The van der Waals surface area contributed by atoms with E-state index >= 15 is 0 Å². The molecular weight excluding hydrogens is 226 g/mol. The quantitative estimate of drug-likeness (QED) is 0.817. The number of aliphatic hydroxyl groups excluding tert-OH is 1. The summed E-state index contributed by atoms with van der Waals surface area (Å²) in [5.74, 6) is 0.416. The predicted octanol–water partition coefficient (Wildman–Crippen LogP) is 2.19. The van der Waals surface area contributed by atoms with Gasteiger partial charge in [-0.1, -0.05) is 13.8 Å². The summed E-state index contributed by atoms with van der Waals surface area (Å²) in [4.78, 5) is 0. The lowest BCUT2D eigenvalue weighted by molar-refractivity contribution is 0.201. The first-order valence-electron chi connectivity index (χ1n) is 6.83. The molecule has 0 fully saturated rings. The van der Waals surface area contributed by atoms with Crippen LogP contribution < -0.4 is 5.32 Å². The molecule has 0 aliphatic rings. The van der Waals surface area contributed by atoms with Crippen LogP contribution in [0.15, 0.2) is 0 Å². The Kier molecular flexibility index (Phi) is 5.35. The van der Waals surface area contributed by atoms with Gasteiger partial charge in [0.15, 0.2) is 0 Å². The van der Waals surface area contributed by atoms with Gasteiger partial charge in [-0.05, 0) is 33.6 Å². The normalized spacial score (nSPS) is 15.1. The van der Waals surface area contributed by atoms with E-state index in [0.717, 1.165) is 12.2 Å². The molecule has 1 unspecified atom stereocenters. The zero-order valence-corrected chi connectivity index (χ0v) is 12.5. The van der Waals surface area contributed by atoms with Crippen molar-refractivity contribution in [2.45, 2.75) is 60.2 Å². The van der Waals surface area contributed by atoms with Crippen LogP contribution in [0, 0.1) is 19.8 Å². The fraction of sp³-hybridized carbons (Fsp3) is 0.786. The second kappa shape index (κ2) is 6.34. The maximum Gasteiger partial charge on any atom is 0.0644 e. The molecule has 1 aromatic heterocycles. The van der Waals surface area contributed by atoms with Crippen LogP contribution in [0.25, 0.3) is 0 Å². The van der Waals surface area contributed by atoms with Crippen molar-refractivity contribution < 1.29 is 5.11 Å². The summed E-state index contributed by atoms with van der Waals surface area (Å²) >= 11 is 0. The molecule has 0 spiro atoms. The molecule has 2 atom stereocenters. The van der Waals surface area contributed by atoms with Gasteiger partial charge in [0.05, 0.1) is 12.3 Å². The van der Waals surface area contributed by atoms with E-state index in [0.29, 0.717) is 5.92 Å². The molecule has 1 heterocycles. The number of nitrogens with zero attached hydrogens (tertiary/aromatic N) is 2. The fourth-order valence-electron chi connectivity index (χ4n) is 2.51. The van der Waals surface area contributed by atoms with Gasteiger partial charge < -0.3 is 10.4 Å². The van der Waals surface area contributed by atoms with E-state index in [9.17, 15) is 5.11 Å². The van der Waals surface area contributed by atoms with Crippen LogP contribution >= 0.6 is 0 Å². The summed E-state index contributed by atoms with van der Waals surface area (Å²) in [5, 5.41) is 17.4. The standard InChI is InChI=1S/C14H27N3O/c1-7-17-12(6)14(11(5)16-17)10(4)15-13(8-18)9(2)3/h9-10,13,15,18H,7-8H2,1-6H3/t10?,13-/m1/s1. The molecule has 0 bridgehead atoms. The molecule has 0 radical (unpaired) electrons. The minimum Gasteiger partial charge on any atom is -0.395 e. The zero-order chi connectivity index (χ0) is 13.9. The highest BCUT2D eigenvalue weighted by atomic mass is 16.3. The number of hydrogen-bond acceptors (Lipinski definition) is 3. The summed E-state index contributed by atoms with van der Waals surface area (Å²) < 4.78 is 2.03. The Bertz CT molecular complexity index is 385. The average molecular weight is 253 g/mol. The maximum atomic E-state index is 9.40. The van der Waals surface area contributed by atoms with Crippen LogP contribution in [0.5, 0.6) is 0 Å². The van der Waals surface area contributed by atoms with E-state index in [1.807, 2.05) is 4.68 Å². The van der Waals surface area contributed by atoms with E-state index in [4.69, 9.17) is 0 Å². The van der Waals surface area contributed by atoms with Crippen LogP contribution in [0.4, 0.5) is 0 Å². The van der Waals surface area contributed by atoms with Crippen molar-refractivity contribution in [1.29, 1.82) is 0 Å². The van der Waals surface area contributed by atoms with Crippen LogP contribution in [0.1, 0.15) is 50.7 Å². The topological polar surface area (TPSA) is 50.1 Å². The fourth-order valence-corrected chi connectivity index (χ4v) is 2.51. The molecule has 0 aliphatic heterocycles. The van der Waals surface area contributed by atoms with E-state index in [1.165, 1.54) is 11.3 Å². The lowest BCUT2D eigenvalue weighted by atomic mass is 10.0. The monoisotopic (exact) mass is 253 g/mol. The Morgan fingerprint density at radius 2 is 1.89 bits per heavy atom. The first-order chi connectivity index (χ1) is 8.42. The number of aromatic nitrogens is 2. The van der Waals surface area contributed by atoms with Crippen LogP contribution in [0.3, 0.4) is 0 Å². The van der Waals surface area contributed by atoms with Crippen LogP contribution in [0.2, 0.25) is 0 Å². The third-order valence-corrected chi connectivity index (χ3v) is 3.64. The van der Waals surface area contributed by atoms with Crippen LogP contribution in [-0.4, -0.2) is 27.5 Å². The molecule has 0 aliphatic carbocycles. The summed E-state index contributed by atoms with van der Waals surface area (Å²) in [5.41, 5.74) is 3.56. The van der Waals surface area contributed by atoms with E-state index in [1.54, 1.807) is 0 Å². The van der Waals surface area contributed by atoms with Crippen molar-refractivity contribution in [3.63, 3.8) is 0 Å². The lowest BCUT2D eigenvalue weighted by Gasteiger charge is -2.25. The molecule has 0 amide bonds. The highest BCUT2D eigenvalue weighted by molar-refractivity contribution is 5.27. The Labute approximate surface area is 110 Å². The molecule has 0 saturated heterocycles. The van der Waals surface area contributed by atoms with Gasteiger partial charge in [0.1, 0.15) is 0 Å². The summed E-state index contributed by atoms with van der Waals surface area (Å²) in [6.45, 7) is 13.7. The molecule has 0 saturated carbocycles.